The lowest BCUT2D eigenvalue weighted by Crippen LogP contribution is -2.58. The topological polar surface area (TPSA) is 169 Å². The fraction of sp³-hybridized carbons (Fsp3) is 0.465. The highest BCUT2D eigenvalue weighted by molar-refractivity contribution is 7.91. The summed E-state index contributed by atoms with van der Waals surface area (Å²) in [6.07, 6.45) is 2.05. The zero-order valence-corrected chi connectivity index (χ0v) is 35.6. The van der Waals surface area contributed by atoms with Gasteiger partial charge in [-0.2, -0.15) is 0 Å². The van der Waals surface area contributed by atoms with Crippen molar-refractivity contribution >= 4 is 55.5 Å². The summed E-state index contributed by atoms with van der Waals surface area (Å²) in [7, 11) is -2.27. The number of carbonyl (C=O) groups excluding carboxylic acids is 3. The lowest BCUT2D eigenvalue weighted by molar-refractivity contribution is -0.141. The Hall–Kier alpha value is -5.02. The van der Waals surface area contributed by atoms with Gasteiger partial charge in [0.15, 0.2) is 0 Å². The summed E-state index contributed by atoms with van der Waals surface area (Å²) in [6.45, 7) is 15.9. The van der Waals surface area contributed by atoms with Gasteiger partial charge in [-0.3, -0.25) is 19.1 Å². The number of pyridine rings is 1. The van der Waals surface area contributed by atoms with Crippen LogP contribution in [0.15, 0.2) is 66.6 Å². The summed E-state index contributed by atoms with van der Waals surface area (Å²) in [4.78, 5) is 54.4. The monoisotopic (exact) mass is 828 g/mol. The van der Waals surface area contributed by atoms with Gasteiger partial charge in [0.05, 0.1) is 24.6 Å². The summed E-state index contributed by atoms with van der Waals surface area (Å²) < 4.78 is 40.3. The summed E-state index contributed by atoms with van der Waals surface area (Å²) in [5, 5.41) is 10.00. The second-order valence-electron chi connectivity index (χ2n) is 17.0. The molecule has 3 fully saturated rings. The predicted molar refractivity (Wildman–Crippen MR) is 225 cm³/mol. The van der Waals surface area contributed by atoms with Crippen LogP contribution < -0.4 is 24.8 Å². The first-order valence-corrected chi connectivity index (χ1v) is 22.1. The number of fused-ring (bicyclic) bond motifs is 1. The number of aryl methyl sites for hydroxylation is 1. The largest absolute Gasteiger partial charge is 0.496 e. The van der Waals surface area contributed by atoms with Gasteiger partial charge in [0.1, 0.15) is 40.2 Å². The number of rotatable bonds is 14. The maximum absolute atomic E-state index is 14.9. The van der Waals surface area contributed by atoms with Crippen molar-refractivity contribution in [1.29, 1.82) is 0 Å². The van der Waals surface area contributed by atoms with Crippen LogP contribution in [-0.4, -0.2) is 83.6 Å². The number of methoxy groups -OCH3 is 1. The van der Waals surface area contributed by atoms with E-state index < -0.39 is 62.1 Å². The van der Waals surface area contributed by atoms with Crippen molar-refractivity contribution in [3.8, 4) is 22.3 Å². The molecule has 2 aliphatic carbocycles. The van der Waals surface area contributed by atoms with E-state index >= 15 is 0 Å². The number of hydrogen-bond acceptors (Lipinski definition) is 11. The normalized spacial score (nSPS) is 22.3. The molecule has 308 valence electrons. The van der Waals surface area contributed by atoms with E-state index in [1.807, 2.05) is 81.6 Å². The molecule has 58 heavy (non-hydrogen) atoms. The van der Waals surface area contributed by atoms with Gasteiger partial charge in [-0.15, -0.1) is 17.9 Å². The average Bonchev–Trinajstić information content (AvgIpc) is 4.06. The van der Waals surface area contributed by atoms with Crippen LogP contribution in [0.1, 0.15) is 77.5 Å². The molecule has 1 aliphatic heterocycles. The first kappa shape index (κ1) is 41.2. The van der Waals surface area contributed by atoms with Crippen LogP contribution in [0.2, 0.25) is 0 Å². The number of ether oxygens (including phenoxy) is 2. The van der Waals surface area contributed by atoms with E-state index in [1.54, 1.807) is 13.2 Å². The minimum absolute atomic E-state index is 0.0391. The Bertz CT molecular complexity index is 2360. The molecule has 0 spiro atoms. The number of anilines is 1. The molecule has 4 aromatic rings. The summed E-state index contributed by atoms with van der Waals surface area (Å²) in [6, 6.07) is 13.3. The summed E-state index contributed by atoms with van der Waals surface area (Å²) >= 11 is 1.49. The Labute approximate surface area is 344 Å². The second-order valence-corrected chi connectivity index (χ2v) is 19.8. The van der Waals surface area contributed by atoms with E-state index in [0.29, 0.717) is 30.2 Å². The molecule has 0 bridgehead atoms. The molecule has 5 atom stereocenters. The number of carbonyl (C=O) groups is 3. The molecule has 3 heterocycles. The number of nitrogens with zero attached hydrogens (tertiary/aromatic N) is 3. The van der Waals surface area contributed by atoms with Crippen LogP contribution in [0.4, 0.5) is 5.69 Å². The number of thiazole rings is 1. The van der Waals surface area contributed by atoms with Crippen LogP contribution in [0.25, 0.3) is 21.5 Å². The molecule has 15 heteroatoms. The molecule has 0 radical (unpaired) electrons. The van der Waals surface area contributed by atoms with E-state index in [-0.39, 0.29) is 31.2 Å². The fourth-order valence-electron chi connectivity index (χ4n) is 7.58. The van der Waals surface area contributed by atoms with Crippen LogP contribution in [0.5, 0.6) is 11.6 Å². The lowest BCUT2D eigenvalue weighted by atomic mass is 9.85. The molecule has 3 aliphatic rings. The van der Waals surface area contributed by atoms with Crippen LogP contribution in [0, 0.1) is 18.3 Å². The molecular weight excluding hydrogens is 777 g/mol. The molecule has 3 amide bonds. The minimum atomic E-state index is -3.89. The molecule has 2 aromatic heterocycles. The number of sulfonamides is 1. The Balaban J connectivity index is 1.24. The van der Waals surface area contributed by atoms with Crippen LogP contribution in [-0.2, 0) is 24.4 Å². The quantitative estimate of drug-likeness (QED) is 0.122. The molecule has 0 unspecified atom stereocenters. The molecule has 2 aromatic carbocycles. The maximum atomic E-state index is 14.9. The van der Waals surface area contributed by atoms with Crippen LogP contribution in [0.3, 0.4) is 0 Å². The highest BCUT2D eigenvalue weighted by Crippen LogP contribution is 2.46. The SMILES string of the molecule is C=C[C@@H]1C[C@]1(NC(=O)[C@@H]1C[C@@H](Oc2nc(-c3nc(C(C)C)cs3)cc3c(C)c(OC)ccc23)CN1C(=O)[C@@H](Nc1ccccc1)C(C)(C)C)C(=O)NS(=O)(=O)C1CC1. The molecule has 3 N–H and O–H groups in total. The minimum Gasteiger partial charge on any atom is -0.496 e. The predicted octanol–water partition coefficient (Wildman–Crippen LogP) is 6.34. The fourth-order valence-corrected chi connectivity index (χ4v) is 9.88. The van der Waals surface area contributed by atoms with Crippen molar-refractivity contribution < 1.29 is 32.3 Å². The van der Waals surface area contributed by atoms with Gasteiger partial charge in [0.25, 0.3) is 5.91 Å². The van der Waals surface area contributed by atoms with Gasteiger partial charge in [-0.1, -0.05) is 58.9 Å². The van der Waals surface area contributed by atoms with Gasteiger partial charge in [0.2, 0.25) is 27.7 Å². The molecule has 7 rings (SSSR count). The average molecular weight is 829 g/mol. The number of amides is 3. The van der Waals surface area contributed by atoms with Crippen molar-refractivity contribution in [1.82, 2.24) is 24.9 Å². The highest BCUT2D eigenvalue weighted by atomic mass is 32.2. The van der Waals surface area contributed by atoms with E-state index in [0.717, 1.165) is 32.7 Å². The Kier molecular flexibility index (Phi) is 11.1. The van der Waals surface area contributed by atoms with E-state index in [9.17, 15) is 22.8 Å². The third-order valence-electron chi connectivity index (χ3n) is 11.3. The summed E-state index contributed by atoms with van der Waals surface area (Å²) in [5.41, 5.74) is 1.09. The number of para-hydroxylation sites is 1. The number of benzene rings is 2. The van der Waals surface area contributed by atoms with Gasteiger partial charge < -0.3 is 25.0 Å². The molecular formula is C43H52N6O7S2. The van der Waals surface area contributed by atoms with Crippen molar-refractivity contribution in [2.45, 2.75) is 102 Å². The first-order valence-electron chi connectivity index (χ1n) is 19.7. The van der Waals surface area contributed by atoms with E-state index in [2.05, 4.69) is 35.8 Å². The molecule has 1 saturated heterocycles. The smallest absolute Gasteiger partial charge is 0.259 e. The van der Waals surface area contributed by atoms with Gasteiger partial charge in [0, 0.05) is 28.8 Å². The van der Waals surface area contributed by atoms with Crippen molar-refractivity contribution in [2.24, 2.45) is 11.3 Å². The standard InChI is InChI=1S/C43H52N6O7S2/c1-9-26-21-43(26,41(52)48-58(53,54)29-15-16-29)47-37(50)34-19-28(22-49(34)40(51)36(42(5,6)7)44-27-13-11-10-12-14-27)56-38-30-17-18-35(55-8)25(4)31(30)20-32(45-38)39-46-33(23-57-39)24(2)3/h9-14,17-18,20,23-24,26,28-29,34,36,44H,1,15-16,19,21-22H2,2-8H3,(H,47,50)(H,48,52)/t26-,28-,34+,36-,43-/m1/s1. The van der Waals surface area contributed by atoms with Gasteiger partial charge >= 0.3 is 0 Å². The molecule has 2 saturated carbocycles. The third kappa shape index (κ3) is 8.15. The third-order valence-corrected chi connectivity index (χ3v) is 14.0. The lowest BCUT2D eigenvalue weighted by Gasteiger charge is -2.36. The van der Waals surface area contributed by atoms with E-state index in [4.69, 9.17) is 19.4 Å². The van der Waals surface area contributed by atoms with Gasteiger partial charge in [-0.25, -0.2) is 18.4 Å². The maximum Gasteiger partial charge on any atom is 0.259 e. The van der Waals surface area contributed by atoms with E-state index in [1.165, 1.54) is 16.2 Å². The first-order chi connectivity index (χ1) is 27.4. The van der Waals surface area contributed by atoms with Crippen LogP contribution >= 0.6 is 11.3 Å². The molecule has 13 nitrogen and oxygen atoms in total. The van der Waals surface area contributed by atoms with Gasteiger partial charge in [-0.05, 0) is 78.8 Å². The second kappa shape index (κ2) is 15.6. The summed E-state index contributed by atoms with van der Waals surface area (Å²) in [5.74, 6) is -0.968. The van der Waals surface area contributed by atoms with Crippen molar-refractivity contribution in [3.63, 3.8) is 0 Å². The number of likely N-dealkylation sites (tertiary alicyclic amines) is 1. The Morgan fingerprint density at radius 3 is 2.40 bits per heavy atom. The number of hydrogen-bond donors (Lipinski definition) is 3. The highest BCUT2D eigenvalue weighted by Gasteiger charge is 2.62. The zero-order chi connectivity index (χ0) is 41.7. The number of nitrogens with one attached hydrogen (secondary N) is 3. The van der Waals surface area contributed by atoms with Crippen molar-refractivity contribution in [2.75, 3.05) is 19.0 Å². The number of aromatic nitrogens is 2. The zero-order valence-electron chi connectivity index (χ0n) is 34.0. The Morgan fingerprint density at radius 1 is 1.07 bits per heavy atom. The van der Waals surface area contributed by atoms with Crippen molar-refractivity contribution in [3.05, 3.63) is 77.8 Å². The Morgan fingerprint density at radius 2 is 1.79 bits per heavy atom.